The number of hydrogen-bond acceptors (Lipinski definition) is 3. The number of hydrogen-bond donors (Lipinski definition) is 2. The maximum absolute atomic E-state index is 12.5. The number of nitrogens with zero attached hydrogens (tertiary/aromatic N) is 1. The molecule has 0 bridgehead atoms. The third kappa shape index (κ3) is 4.02. The minimum Gasteiger partial charge on any atom is -0.480 e. The molecule has 2 N–H and O–H groups in total. The Morgan fingerprint density at radius 1 is 1.08 bits per heavy atom. The molecule has 1 atom stereocenters. The van der Waals surface area contributed by atoms with Gasteiger partial charge in [0.05, 0.1) is 0 Å². The Hall–Kier alpha value is -2.32. The quantitative estimate of drug-likeness (QED) is 0.810. The second-order valence-corrected chi connectivity index (χ2v) is 6.91. The first kappa shape index (κ1) is 17.5. The summed E-state index contributed by atoms with van der Waals surface area (Å²) in [7, 11) is 0. The van der Waals surface area contributed by atoms with Crippen molar-refractivity contribution < 1.29 is 19.8 Å². The molecule has 0 radical (unpaired) electrons. The molecule has 1 aromatic carbocycles. The van der Waals surface area contributed by atoms with Crippen LogP contribution in [0.4, 0.5) is 0 Å². The van der Waals surface area contributed by atoms with Crippen LogP contribution in [-0.4, -0.2) is 45.2 Å². The molecule has 1 saturated carbocycles. The number of amides is 1. The van der Waals surface area contributed by atoms with Crippen molar-refractivity contribution in [2.24, 2.45) is 0 Å². The first-order chi connectivity index (χ1) is 12.0. The van der Waals surface area contributed by atoms with Crippen molar-refractivity contribution in [2.75, 3.05) is 6.54 Å². The van der Waals surface area contributed by atoms with Crippen LogP contribution in [0.25, 0.3) is 0 Å². The summed E-state index contributed by atoms with van der Waals surface area (Å²) in [5, 5.41) is 19.6. The van der Waals surface area contributed by atoms with Gasteiger partial charge in [-0.2, -0.15) is 0 Å². The summed E-state index contributed by atoms with van der Waals surface area (Å²) in [6.45, 7) is 0.477. The number of carbonyl (C=O) groups is 2. The van der Waals surface area contributed by atoms with E-state index in [1.54, 1.807) is 24.3 Å². The van der Waals surface area contributed by atoms with Gasteiger partial charge < -0.3 is 15.1 Å². The van der Waals surface area contributed by atoms with E-state index in [4.69, 9.17) is 0 Å². The van der Waals surface area contributed by atoms with E-state index in [1.165, 1.54) is 4.90 Å². The highest BCUT2D eigenvalue weighted by molar-refractivity contribution is 5.97. The topological polar surface area (TPSA) is 77.8 Å². The van der Waals surface area contributed by atoms with Gasteiger partial charge in [0.25, 0.3) is 5.91 Å². The summed E-state index contributed by atoms with van der Waals surface area (Å²) in [6.07, 6.45) is 5.78. The van der Waals surface area contributed by atoms with Crippen LogP contribution in [0, 0.1) is 11.8 Å². The molecule has 5 heteroatoms. The molecule has 1 aliphatic carbocycles. The van der Waals surface area contributed by atoms with Crippen LogP contribution < -0.4 is 0 Å². The number of carboxylic acid groups (broad SMARTS) is 1. The Balaban J connectivity index is 1.70. The number of aliphatic hydroxyl groups is 1. The monoisotopic (exact) mass is 341 g/mol. The number of carboxylic acids is 1. The van der Waals surface area contributed by atoms with E-state index in [0.29, 0.717) is 37.8 Å². The normalized spacial score (nSPS) is 22.1. The molecule has 2 aliphatic rings. The standard InChI is InChI=1S/C20H23NO4/c22-18(21-14-4-5-17(21)19(23)24)16-8-6-15(7-9-16)10-13-20(25)11-2-1-3-12-20/h6-9,17,25H,1-5,11-12,14H2,(H,23,24)/t17-/m1/s1. The highest BCUT2D eigenvalue weighted by Crippen LogP contribution is 2.27. The molecule has 0 unspecified atom stereocenters. The number of benzene rings is 1. The van der Waals surface area contributed by atoms with Crippen LogP contribution in [0.5, 0.6) is 0 Å². The second-order valence-electron chi connectivity index (χ2n) is 6.91. The van der Waals surface area contributed by atoms with Crippen LogP contribution in [0.2, 0.25) is 0 Å². The van der Waals surface area contributed by atoms with Crippen molar-refractivity contribution in [3.63, 3.8) is 0 Å². The van der Waals surface area contributed by atoms with Crippen molar-refractivity contribution in [1.29, 1.82) is 0 Å². The Kier molecular flexibility index (Phi) is 5.10. The van der Waals surface area contributed by atoms with Gasteiger partial charge in [-0.3, -0.25) is 4.79 Å². The summed E-state index contributed by atoms with van der Waals surface area (Å²) < 4.78 is 0. The van der Waals surface area contributed by atoms with Gasteiger partial charge in [0.15, 0.2) is 0 Å². The van der Waals surface area contributed by atoms with Crippen molar-refractivity contribution in [3.8, 4) is 11.8 Å². The van der Waals surface area contributed by atoms with Crippen LogP contribution in [-0.2, 0) is 4.79 Å². The lowest BCUT2D eigenvalue weighted by Crippen LogP contribution is -2.40. The third-order valence-corrected chi connectivity index (χ3v) is 5.05. The van der Waals surface area contributed by atoms with Crippen LogP contribution in [0.3, 0.4) is 0 Å². The lowest BCUT2D eigenvalue weighted by atomic mass is 9.85. The molecule has 132 valence electrons. The van der Waals surface area contributed by atoms with Gasteiger partial charge in [-0.1, -0.05) is 18.3 Å². The SMILES string of the molecule is O=C(O)[C@H]1CCCN1C(=O)c1ccc(C#CC2(O)CCCCC2)cc1. The van der Waals surface area contributed by atoms with E-state index >= 15 is 0 Å². The molecular weight excluding hydrogens is 318 g/mol. The third-order valence-electron chi connectivity index (χ3n) is 5.05. The minimum atomic E-state index is -0.950. The summed E-state index contributed by atoms with van der Waals surface area (Å²) in [5.41, 5.74) is 0.318. The predicted molar refractivity (Wildman–Crippen MR) is 93.0 cm³/mol. The van der Waals surface area contributed by atoms with E-state index in [1.807, 2.05) is 0 Å². The second kappa shape index (κ2) is 7.28. The Labute approximate surface area is 147 Å². The number of aliphatic carboxylic acids is 1. The fourth-order valence-corrected chi connectivity index (χ4v) is 3.58. The van der Waals surface area contributed by atoms with Crippen molar-refractivity contribution in [3.05, 3.63) is 35.4 Å². The molecule has 0 spiro atoms. The molecule has 1 heterocycles. The fourth-order valence-electron chi connectivity index (χ4n) is 3.58. The molecule has 5 nitrogen and oxygen atoms in total. The summed E-state index contributed by atoms with van der Waals surface area (Å²) in [6, 6.07) is 6.12. The Morgan fingerprint density at radius 2 is 1.76 bits per heavy atom. The number of likely N-dealkylation sites (tertiary alicyclic amines) is 1. The van der Waals surface area contributed by atoms with E-state index < -0.39 is 17.6 Å². The lowest BCUT2D eigenvalue weighted by Gasteiger charge is -2.26. The largest absolute Gasteiger partial charge is 0.480 e. The molecule has 1 aromatic rings. The number of carbonyl (C=O) groups excluding carboxylic acids is 1. The molecule has 3 rings (SSSR count). The van der Waals surface area contributed by atoms with Crippen LogP contribution in [0.15, 0.2) is 24.3 Å². The summed E-state index contributed by atoms with van der Waals surface area (Å²) in [5.74, 6) is 4.77. The van der Waals surface area contributed by atoms with E-state index in [9.17, 15) is 19.8 Å². The van der Waals surface area contributed by atoms with Gasteiger partial charge in [-0.25, -0.2) is 4.79 Å². The van der Waals surface area contributed by atoms with E-state index in [0.717, 1.165) is 24.8 Å². The van der Waals surface area contributed by atoms with Crippen LogP contribution in [0.1, 0.15) is 60.9 Å². The molecule has 0 aromatic heterocycles. The van der Waals surface area contributed by atoms with Gasteiger partial charge in [0.2, 0.25) is 0 Å². The van der Waals surface area contributed by atoms with E-state index in [-0.39, 0.29) is 5.91 Å². The maximum atomic E-state index is 12.5. The Bertz CT molecular complexity index is 707. The Morgan fingerprint density at radius 3 is 2.40 bits per heavy atom. The maximum Gasteiger partial charge on any atom is 0.326 e. The molecule has 25 heavy (non-hydrogen) atoms. The average molecular weight is 341 g/mol. The summed E-state index contributed by atoms with van der Waals surface area (Å²) >= 11 is 0. The number of rotatable bonds is 2. The zero-order chi connectivity index (χ0) is 17.9. The highest BCUT2D eigenvalue weighted by Gasteiger charge is 2.34. The van der Waals surface area contributed by atoms with Gasteiger partial charge in [-0.15, -0.1) is 0 Å². The first-order valence-electron chi connectivity index (χ1n) is 8.88. The summed E-state index contributed by atoms with van der Waals surface area (Å²) in [4.78, 5) is 25.2. The molecular formula is C20H23NO4. The van der Waals surface area contributed by atoms with Crippen molar-refractivity contribution >= 4 is 11.9 Å². The highest BCUT2D eigenvalue weighted by atomic mass is 16.4. The smallest absolute Gasteiger partial charge is 0.326 e. The average Bonchev–Trinajstić information content (AvgIpc) is 3.11. The lowest BCUT2D eigenvalue weighted by molar-refractivity contribution is -0.141. The van der Waals surface area contributed by atoms with Crippen molar-refractivity contribution in [2.45, 2.75) is 56.6 Å². The molecule has 1 amide bonds. The van der Waals surface area contributed by atoms with Gasteiger partial charge in [-0.05, 0) is 62.8 Å². The van der Waals surface area contributed by atoms with Gasteiger partial charge in [0.1, 0.15) is 11.6 Å². The minimum absolute atomic E-state index is 0.254. The van der Waals surface area contributed by atoms with Crippen LogP contribution >= 0.6 is 0 Å². The predicted octanol–water partition coefficient (Wildman–Crippen LogP) is 2.42. The molecule has 2 fully saturated rings. The van der Waals surface area contributed by atoms with Crippen molar-refractivity contribution in [1.82, 2.24) is 4.90 Å². The molecule has 1 aliphatic heterocycles. The zero-order valence-electron chi connectivity index (χ0n) is 14.2. The fraction of sp³-hybridized carbons (Fsp3) is 0.500. The van der Waals surface area contributed by atoms with Gasteiger partial charge >= 0.3 is 5.97 Å². The molecule has 1 saturated heterocycles. The zero-order valence-corrected chi connectivity index (χ0v) is 14.2. The van der Waals surface area contributed by atoms with E-state index in [2.05, 4.69) is 11.8 Å². The van der Waals surface area contributed by atoms with Gasteiger partial charge in [0, 0.05) is 17.7 Å². The first-order valence-corrected chi connectivity index (χ1v) is 8.88.